The molecule has 24 heavy (non-hydrogen) atoms. The monoisotopic (exact) mass is 337 g/mol. The third-order valence-corrected chi connectivity index (χ3v) is 3.27. The molecule has 0 aliphatic rings. The summed E-state index contributed by atoms with van der Waals surface area (Å²) in [6.07, 6.45) is 0. The van der Waals surface area contributed by atoms with Crippen LogP contribution in [0.5, 0.6) is 0 Å². The first kappa shape index (κ1) is 17.5. The Morgan fingerprint density at radius 1 is 1.38 bits per heavy atom. The minimum atomic E-state index is -1.71. The molecule has 0 saturated carbocycles. The van der Waals surface area contributed by atoms with Gasteiger partial charge in [-0.15, -0.1) is 0 Å². The molecule has 2 aromatic rings. The van der Waals surface area contributed by atoms with Gasteiger partial charge in [0, 0.05) is 0 Å². The number of carboxylic acids is 1. The Hall–Kier alpha value is -2.81. The molecule has 0 fully saturated rings. The van der Waals surface area contributed by atoms with Crippen LogP contribution in [0, 0.1) is 12.7 Å². The molecule has 0 bridgehead atoms. The molecule has 0 aliphatic carbocycles. The second-order valence-corrected chi connectivity index (χ2v) is 5.21. The van der Waals surface area contributed by atoms with Gasteiger partial charge < -0.3 is 19.7 Å². The second-order valence-electron chi connectivity index (χ2n) is 5.21. The highest BCUT2D eigenvalue weighted by Crippen LogP contribution is 2.21. The van der Waals surface area contributed by atoms with E-state index in [1.165, 1.54) is 19.1 Å². The molecule has 8 nitrogen and oxygen atoms in total. The van der Waals surface area contributed by atoms with E-state index in [-0.39, 0.29) is 18.1 Å². The van der Waals surface area contributed by atoms with Crippen LogP contribution in [-0.4, -0.2) is 33.7 Å². The van der Waals surface area contributed by atoms with Crippen molar-refractivity contribution in [2.24, 2.45) is 0 Å². The van der Waals surface area contributed by atoms with E-state index >= 15 is 0 Å². The van der Waals surface area contributed by atoms with Crippen molar-refractivity contribution >= 4 is 11.9 Å². The average molecular weight is 337 g/mol. The summed E-state index contributed by atoms with van der Waals surface area (Å²) in [6, 6.07) is 4.84. The van der Waals surface area contributed by atoms with Gasteiger partial charge in [-0.25, -0.2) is 9.18 Å². The Balaban J connectivity index is 1.97. The molecule has 2 N–H and O–H groups in total. The summed E-state index contributed by atoms with van der Waals surface area (Å²) in [5.74, 6) is -1.79. The topological polar surface area (TPSA) is 115 Å². The molecule has 2 rings (SSSR count). The fraction of sp³-hybridized carbons (Fsp3) is 0.333. The number of nitrogens with one attached hydrogen (secondary N) is 1. The van der Waals surface area contributed by atoms with Gasteiger partial charge in [0.15, 0.2) is 11.4 Å². The molecule has 1 heterocycles. The number of aromatic nitrogens is 2. The van der Waals surface area contributed by atoms with Gasteiger partial charge in [0.05, 0.1) is 0 Å². The first-order chi connectivity index (χ1) is 11.3. The first-order valence-corrected chi connectivity index (χ1v) is 6.98. The predicted molar refractivity (Wildman–Crippen MR) is 78.2 cm³/mol. The van der Waals surface area contributed by atoms with E-state index in [9.17, 15) is 19.1 Å². The highest BCUT2D eigenvalue weighted by molar-refractivity contribution is 5.88. The summed E-state index contributed by atoms with van der Waals surface area (Å²) in [5.41, 5.74) is -1.48. The summed E-state index contributed by atoms with van der Waals surface area (Å²) in [4.78, 5) is 27.4. The number of aliphatic carboxylic acids is 1. The lowest BCUT2D eigenvalue weighted by Gasteiger charge is -2.26. The van der Waals surface area contributed by atoms with Crippen LogP contribution in [0.2, 0.25) is 0 Å². The van der Waals surface area contributed by atoms with Crippen LogP contribution in [0.3, 0.4) is 0 Å². The number of amides is 1. The number of hydrogen-bond donors (Lipinski definition) is 2. The fourth-order valence-electron chi connectivity index (χ4n) is 1.98. The Kier molecular flexibility index (Phi) is 5.24. The first-order valence-electron chi connectivity index (χ1n) is 6.98. The Morgan fingerprint density at radius 2 is 2.04 bits per heavy atom. The van der Waals surface area contributed by atoms with Gasteiger partial charge in [-0.05, 0) is 31.5 Å². The van der Waals surface area contributed by atoms with E-state index in [1.54, 1.807) is 6.92 Å². The van der Waals surface area contributed by atoms with Crippen molar-refractivity contribution in [2.45, 2.75) is 26.0 Å². The molecule has 9 heteroatoms. The molecule has 0 radical (unpaired) electrons. The van der Waals surface area contributed by atoms with Crippen molar-refractivity contribution in [3.05, 3.63) is 47.4 Å². The van der Waals surface area contributed by atoms with Crippen molar-refractivity contribution < 1.29 is 28.3 Å². The molecular formula is C15H16FN3O5. The zero-order chi connectivity index (χ0) is 17.7. The van der Waals surface area contributed by atoms with Crippen molar-refractivity contribution in [3.63, 3.8) is 0 Å². The largest absolute Gasteiger partial charge is 0.479 e. The molecule has 0 spiro atoms. The number of aryl methyl sites for hydroxylation is 1. The highest BCUT2D eigenvalue weighted by atomic mass is 19.1. The number of carbonyl (C=O) groups excluding carboxylic acids is 1. The van der Waals surface area contributed by atoms with E-state index in [4.69, 9.17) is 9.26 Å². The van der Waals surface area contributed by atoms with E-state index < -0.39 is 29.8 Å². The number of rotatable bonds is 7. The van der Waals surface area contributed by atoms with E-state index in [0.29, 0.717) is 5.82 Å². The lowest BCUT2D eigenvalue weighted by molar-refractivity contribution is -0.148. The van der Waals surface area contributed by atoms with Gasteiger partial charge in [-0.2, -0.15) is 4.98 Å². The molecule has 128 valence electrons. The fourth-order valence-corrected chi connectivity index (χ4v) is 1.98. The van der Waals surface area contributed by atoms with Crippen molar-refractivity contribution in [2.75, 3.05) is 6.61 Å². The molecule has 1 atom stereocenters. The van der Waals surface area contributed by atoms with Gasteiger partial charge >= 0.3 is 5.97 Å². The SMILES string of the molecule is Cc1noc(COCC(=O)NC(C)(C(=O)O)c2ccc(F)cc2)n1. The number of carbonyl (C=O) groups is 2. The minimum Gasteiger partial charge on any atom is -0.479 e. The molecule has 1 amide bonds. The van der Waals surface area contributed by atoms with Gasteiger partial charge in [-0.1, -0.05) is 17.3 Å². The molecule has 1 aromatic heterocycles. The lowest BCUT2D eigenvalue weighted by Crippen LogP contribution is -2.50. The normalized spacial score (nSPS) is 13.3. The standard InChI is InChI=1S/C15H16FN3O5/c1-9-17-13(24-19-9)8-23-7-12(20)18-15(2,14(21)22)10-3-5-11(16)6-4-10/h3-6H,7-8H2,1-2H3,(H,18,20)(H,21,22). The third kappa shape index (κ3) is 4.13. The zero-order valence-corrected chi connectivity index (χ0v) is 13.1. The quantitative estimate of drug-likeness (QED) is 0.779. The number of halogens is 1. The lowest BCUT2D eigenvalue weighted by atomic mass is 9.92. The summed E-state index contributed by atoms with van der Waals surface area (Å²) in [6.45, 7) is 2.47. The smallest absolute Gasteiger partial charge is 0.333 e. The number of ether oxygens (including phenoxy) is 1. The minimum absolute atomic E-state index is 0.0748. The second kappa shape index (κ2) is 7.18. The summed E-state index contributed by atoms with van der Waals surface area (Å²) in [5, 5.41) is 15.4. The van der Waals surface area contributed by atoms with Gasteiger partial charge in [0.25, 0.3) is 5.89 Å². The number of benzene rings is 1. The predicted octanol–water partition coefficient (Wildman–Crippen LogP) is 1.15. The van der Waals surface area contributed by atoms with Crippen LogP contribution in [0.15, 0.2) is 28.8 Å². The zero-order valence-electron chi connectivity index (χ0n) is 13.1. The maximum atomic E-state index is 13.0. The van der Waals surface area contributed by atoms with Crippen LogP contribution in [0.25, 0.3) is 0 Å². The maximum Gasteiger partial charge on any atom is 0.333 e. The Morgan fingerprint density at radius 3 is 2.58 bits per heavy atom. The average Bonchev–Trinajstić information content (AvgIpc) is 2.93. The third-order valence-electron chi connectivity index (χ3n) is 3.27. The number of hydrogen-bond acceptors (Lipinski definition) is 6. The van der Waals surface area contributed by atoms with Crippen LogP contribution in [-0.2, 0) is 26.5 Å². The van der Waals surface area contributed by atoms with Crippen LogP contribution in [0.1, 0.15) is 24.2 Å². The van der Waals surface area contributed by atoms with E-state index in [2.05, 4.69) is 15.5 Å². The Labute approximate surface area is 136 Å². The summed E-state index contributed by atoms with van der Waals surface area (Å²) in [7, 11) is 0. The van der Waals surface area contributed by atoms with Gasteiger partial charge in [0.2, 0.25) is 5.91 Å². The highest BCUT2D eigenvalue weighted by Gasteiger charge is 2.36. The molecule has 1 aromatic carbocycles. The van der Waals surface area contributed by atoms with Gasteiger partial charge in [0.1, 0.15) is 19.0 Å². The molecular weight excluding hydrogens is 321 g/mol. The molecule has 1 unspecified atom stereocenters. The summed E-state index contributed by atoms with van der Waals surface area (Å²) < 4.78 is 22.9. The molecule has 0 aliphatic heterocycles. The van der Waals surface area contributed by atoms with Crippen LogP contribution < -0.4 is 5.32 Å². The number of carboxylic acid groups (broad SMARTS) is 1. The van der Waals surface area contributed by atoms with Gasteiger partial charge in [-0.3, -0.25) is 4.79 Å². The van der Waals surface area contributed by atoms with Crippen LogP contribution >= 0.6 is 0 Å². The maximum absolute atomic E-state index is 13.0. The van der Waals surface area contributed by atoms with E-state index in [1.807, 2.05) is 0 Å². The van der Waals surface area contributed by atoms with Crippen molar-refractivity contribution in [3.8, 4) is 0 Å². The van der Waals surface area contributed by atoms with Crippen molar-refractivity contribution in [1.82, 2.24) is 15.5 Å². The molecule has 0 saturated heterocycles. The number of nitrogens with zero attached hydrogens (tertiary/aromatic N) is 2. The Bertz CT molecular complexity index is 731. The van der Waals surface area contributed by atoms with Crippen LogP contribution in [0.4, 0.5) is 4.39 Å². The van der Waals surface area contributed by atoms with E-state index in [0.717, 1.165) is 12.1 Å². The summed E-state index contributed by atoms with van der Waals surface area (Å²) >= 11 is 0. The van der Waals surface area contributed by atoms with Crippen molar-refractivity contribution in [1.29, 1.82) is 0 Å².